The molecule has 0 radical (unpaired) electrons. The summed E-state index contributed by atoms with van der Waals surface area (Å²) in [6, 6.07) is 9.15. The molecule has 178 valence electrons. The monoisotopic (exact) mass is 599 g/mol. The minimum atomic E-state index is -0.956. The molecule has 0 aliphatic carbocycles. The van der Waals surface area contributed by atoms with E-state index in [1.165, 1.54) is 25.4 Å². The second-order valence-electron chi connectivity index (χ2n) is 7.34. The molecule has 2 aromatic heterocycles. The van der Waals surface area contributed by atoms with Crippen LogP contribution in [0.25, 0.3) is 22.2 Å². The average Bonchev–Trinajstić information content (AvgIpc) is 3.18. The fourth-order valence-corrected chi connectivity index (χ4v) is 4.80. The van der Waals surface area contributed by atoms with Gasteiger partial charge in [0.05, 0.1) is 19.5 Å². The number of ether oxygens (including phenoxy) is 3. The molecule has 0 saturated carbocycles. The van der Waals surface area contributed by atoms with Gasteiger partial charge in [-0.15, -0.1) is 21.8 Å². The van der Waals surface area contributed by atoms with E-state index in [0.717, 1.165) is 18.2 Å². The van der Waals surface area contributed by atoms with E-state index in [2.05, 4.69) is 26.8 Å². The molecule has 0 unspecified atom stereocenters. The minimum Gasteiger partial charge on any atom is -0.494 e. The number of rotatable bonds is 9. The summed E-state index contributed by atoms with van der Waals surface area (Å²) >= 11 is 2.40. The number of nitrogens with two attached hydrogens (primary N) is 1. The summed E-state index contributed by atoms with van der Waals surface area (Å²) in [5.41, 5.74) is 6.49. The number of anilines is 1. The van der Waals surface area contributed by atoms with Gasteiger partial charge < -0.3 is 24.5 Å². The largest absolute Gasteiger partial charge is 0.494 e. The number of fused-ring (bicyclic) bond motifs is 1. The third-order valence-electron chi connectivity index (χ3n) is 5.08. The Morgan fingerprint density at radius 1 is 1.09 bits per heavy atom. The lowest BCUT2D eigenvalue weighted by Crippen LogP contribution is -2.04. The lowest BCUT2D eigenvalue weighted by atomic mass is 10.0. The number of pyridine rings is 1. The van der Waals surface area contributed by atoms with Crippen molar-refractivity contribution < 1.29 is 27.4 Å². The first-order valence-corrected chi connectivity index (χ1v) is 16.4. The molecule has 11 heteroatoms. The van der Waals surface area contributed by atoms with Crippen molar-refractivity contribution in [2.24, 2.45) is 0 Å². The van der Waals surface area contributed by atoms with Gasteiger partial charge in [0.15, 0.2) is 29.0 Å². The summed E-state index contributed by atoms with van der Waals surface area (Å²) in [6.45, 7) is 0.768. The van der Waals surface area contributed by atoms with Crippen molar-refractivity contribution in [2.45, 2.75) is 12.8 Å². The maximum absolute atomic E-state index is 15.2. The van der Waals surface area contributed by atoms with Crippen molar-refractivity contribution in [3.05, 3.63) is 66.2 Å². The molecule has 0 saturated heterocycles. The third kappa shape index (κ3) is 4.86. The zero-order valence-corrected chi connectivity index (χ0v) is 21.7. The first-order valence-electron chi connectivity index (χ1n) is 10.3. The highest BCUT2D eigenvalue weighted by molar-refractivity contribution is 14.1. The van der Waals surface area contributed by atoms with Gasteiger partial charge in [-0.1, -0.05) is 12.1 Å². The molecule has 4 rings (SSSR count). The topological polar surface area (TPSA) is 71.5 Å². The van der Waals surface area contributed by atoms with Crippen LogP contribution in [0.5, 0.6) is 17.2 Å². The number of hydrogen-bond donors (Lipinski definition) is 1. The molecule has 2 heterocycles. The molecule has 34 heavy (non-hydrogen) atoms. The molecular formula is C23H21F3IN3O3Si. The van der Waals surface area contributed by atoms with Crippen molar-refractivity contribution in [3.8, 4) is 28.4 Å². The van der Waals surface area contributed by atoms with Crippen LogP contribution in [0.1, 0.15) is 0 Å². The highest BCUT2D eigenvalue weighted by Crippen LogP contribution is 2.41. The van der Waals surface area contributed by atoms with E-state index in [1.807, 2.05) is 0 Å². The van der Waals surface area contributed by atoms with E-state index >= 15 is 4.39 Å². The van der Waals surface area contributed by atoms with Gasteiger partial charge in [-0.25, -0.2) is 18.2 Å². The standard InChI is InChI=1S/C23H21F3IN3O3Si/c1-31-19-4-2-3-14(21(19)26)15-11-30(12-32-7-8-34-27)23-20(15)18(5-6-29-23)33-22-16(24)9-13(28)10-17(22)25/h2-6,9-11H,7-8,12,28,34H2,1H3. The zero-order valence-electron chi connectivity index (χ0n) is 18.2. The van der Waals surface area contributed by atoms with Gasteiger partial charge >= 0.3 is 0 Å². The average molecular weight is 599 g/mol. The molecule has 6 nitrogen and oxygen atoms in total. The quantitative estimate of drug-likeness (QED) is 0.0916. The Morgan fingerprint density at radius 3 is 2.56 bits per heavy atom. The second kappa shape index (κ2) is 10.7. The van der Waals surface area contributed by atoms with Gasteiger partial charge in [0.1, 0.15) is 18.1 Å². The van der Waals surface area contributed by atoms with Crippen molar-refractivity contribution >= 4 is 45.5 Å². The lowest BCUT2D eigenvalue weighted by Gasteiger charge is -2.12. The number of hydrogen-bond acceptors (Lipinski definition) is 5. The summed E-state index contributed by atoms with van der Waals surface area (Å²) < 4.78 is 62.4. The molecule has 0 aliphatic rings. The number of aromatic nitrogens is 2. The van der Waals surface area contributed by atoms with Gasteiger partial charge in [-0.05, 0) is 18.2 Å². The molecular weight excluding hydrogens is 578 g/mol. The highest BCUT2D eigenvalue weighted by atomic mass is 127. The van der Waals surface area contributed by atoms with Crippen LogP contribution in [-0.2, 0) is 11.5 Å². The predicted molar refractivity (Wildman–Crippen MR) is 136 cm³/mol. The van der Waals surface area contributed by atoms with Gasteiger partial charge in [-0.2, -0.15) is 0 Å². The molecule has 2 N–H and O–H groups in total. The van der Waals surface area contributed by atoms with Crippen LogP contribution in [0.2, 0.25) is 6.04 Å². The van der Waals surface area contributed by atoms with E-state index in [9.17, 15) is 8.78 Å². The van der Waals surface area contributed by atoms with Crippen LogP contribution >= 0.6 is 21.8 Å². The third-order valence-corrected chi connectivity index (χ3v) is 7.92. The molecule has 0 atom stereocenters. The molecule has 0 aliphatic heterocycles. The maximum Gasteiger partial charge on any atom is 0.198 e. The Hall–Kier alpha value is -2.77. The van der Waals surface area contributed by atoms with Gasteiger partial charge in [-0.3, -0.25) is 0 Å². The molecule has 0 amide bonds. The molecule has 2 aromatic carbocycles. The number of benzene rings is 2. The highest BCUT2D eigenvalue weighted by Gasteiger charge is 2.22. The second-order valence-corrected chi connectivity index (χ2v) is 11.7. The summed E-state index contributed by atoms with van der Waals surface area (Å²) in [7, 11) is 1.20. The number of halogens is 4. The van der Waals surface area contributed by atoms with Crippen LogP contribution in [0.15, 0.2) is 48.8 Å². The smallest absolute Gasteiger partial charge is 0.198 e. The summed E-state index contributed by atoms with van der Waals surface area (Å²) in [5, 5.41) is 0.372. The van der Waals surface area contributed by atoms with Crippen LogP contribution in [0, 0.1) is 17.5 Å². The number of methoxy groups -OCH3 is 1. The Labute approximate surface area is 208 Å². The minimum absolute atomic E-state index is 0.0589. The van der Waals surface area contributed by atoms with Crippen molar-refractivity contribution in [1.29, 1.82) is 0 Å². The maximum atomic E-state index is 15.2. The number of nitrogen functional groups attached to an aromatic ring is 1. The van der Waals surface area contributed by atoms with Gasteiger partial charge in [0, 0.05) is 47.9 Å². The fourth-order valence-electron chi connectivity index (χ4n) is 3.56. The molecule has 0 bridgehead atoms. The van der Waals surface area contributed by atoms with E-state index in [4.69, 9.17) is 19.9 Å². The Kier molecular flexibility index (Phi) is 7.63. The van der Waals surface area contributed by atoms with E-state index in [-0.39, 0.29) is 36.5 Å². The van der Waals surface area contributed by atoms with Gasteiger partial charge in [0.25, 0.3) is 0 Å². The van der Waals surface area contributed by atoms with Crippen LogP contribution in [0.3, 0.4) is 0 Å². The Morgan fingerprint density at radius 2 is 1.85 bits per heavy atom. The molecule has 0 fully saturated rings. The Bertz CT molecular complexity index is 1310. The van der Waals surface area contributed by atoms with Crippen molar-refractivity contribution in [1.82, 2.24) is 9.55 Å². The summed E-state index contributed by atoms with van der Waals surface area (Å²) in [6.07, 6.45) is 3.13. The van der Waals surface area contributed by atoms with Crippen LogP contribution in [-0.4, -0.2) is 30.3 Å². The zero-order chi connectivity index (χ0) is 24.2. The van der Waals surface area contributed by atoms with E-state index in [0.29, 0.717) is 23.2 Å². The molecule has 4 aromatic rings. The van der Waals surface area contributed by atoms with Crippen LogP contribution in [0.4, 0.5) is 18.9 Å². The summed E-state index contributed by atoms with van der Waals surface area (Å²) in [5.74, 6) is -2.95. The molecule has 0 spiro atoms. The van der Waals surface area contributed by atoms with Gasteiger partial charge in [0.2, 0.25) is 0 Å². The van der Waals surface area contributed by atoms with E-state index < -0.39 is 23.2 Å². The lowest BCUT2D eigenvalue weighted by molar-refractivity contribution is 0.0908. The number of nitrogens with zero attached hydrogens (tertiary/aromatic N) is 2. The summed E-state index contributed by atoms with van der Waals surface area (Å²) in [4.78, 5) is 4.41. The fraction of sp³-hybridized carbons (Fsp3) is 0.174. The van der Waals surface area contributed by atoms with E-state index in [1.54, 1.807) is 22.9 Å². The van der Waals surface area contributed by atoms with Crippen LogP contribution < -0.4 is 15.2 Å². The van der Waals surface area contributed by atoms with Crippen molar-refractivity contribution in [2.75, 3.05) is 19.5 Å². The first-order chi connectivity index (χ1) is 16.4. The first kappa shape index (κ1) is 24.4. The van der Waals surface area contributed by atoms with Crippen molar-refractivity contribution in [3.63, 3.8) is 0 Å². The predicted octanol–water partition coefficient (Wildman–Crippen LogP) is 5.41. The Balaban J connectivity index is 1.88. The normalized spacial score (nSPS) is 11.6. The SMILES string of the molecule is COc1cccc(-c2cn(COCC[SiH2]I)c3nccc(Oc4c(F)cc(N)cc4F)c23)c1F.